The van der Waals surface area contributed by atoms with Gasteiger partial charge >= 0.3 is 0 Å². The van der Waals surface area contributed by atoms with Crippen molar-refractivity contribution in [3.8, 4) is 11.5 Å². The molecule has 1 saturated heterocycles. The minimum absolute atomic E-state index is 0.250. The number of aromatic nitrogens is 2. The molecule has 1 fully saturated rings. The van der Waals surface area contributed by atoms with E-state index >= 15 is 0 Å². The lowest BCUT2D eigenvalue weighted by atomic mass is 9.88. The van der Waals surface area contributed by atoms with Gasteiger partial charge in [0.1, 0.15) is 0 Å². The Bertz CT molecular complexity index is 521. The van der Waals surface area contributed by atoms with E-state index in [1.165, 1.54) is 6.39 Å². The van der Waals surface area contributed by atoms with Gasteiger partial charge in [-0.25, -0.2) is 0 Å². The fraction of sp³-hybridized carbons (Fsp3) is 0.385. The molecule has 0 aliphatic carbocycles. The Morgan fingerprint density at radius 2 is 2.28 bits per heavy atom. The maximum Gasteiger partial charge on any atom is 0.247 e. The van der Waals surface area contributed by atoms with Crippen LogP contribution in [0.25, 0.3) is 11.5 Å². The first kappa shape index (κ1) is 11.2. The van der Waals surface area contributed by atoms with Crippen molar-refractivity contribution in [1.82, 2.24) is 10.2 Å². The van der Waals surface area contributed by atoms with Crippen molar-refractivity contribution in [2.24, 2.45) is 5.41 Å². The third-order valence-electron chi connectivity index (χ3n) is 3.09. The van der Waals surface area contributed by atoms with Crippen molar-refractivity contribution in [1.29, 1.82) is 0 Å². The summed E-state index contributed by atoms with van der Waals surface area (Å²) in [6.07, 6.45) is 1.34. The maximum absolute atomic E-state index is 5.24. The lowest BCUT2D eigenvalue weighted by Gasteiger charge is -2.38. The van der Waals surface area contributed by atoms with Crippen LogP contribution in [-0.2, 0) is 4.74 Å². The topological polar surface area (TPSA) is 60.2 Å². The smallest absolute Gasteiger partial charge is 0.247 e. The fourth-order valence-electron chi connectivity index (χ4n) is 1.93. The molecule has 5 nitrogen and oxygen atoms in total. The number of nitrogens with zero attached hydrogens (tertiary/aromatic N) is 2. The highest BCUT2D eigenvalue weighted by molar-refractivity contribution is 5.60. The maximum atomic E-state index is 5.24. The zero-order valence-electron chi connectivity index (χ0n) is 10.2. The first-order chi connectivity index (χ1) is 8.75. The van der Waals surface area contributed by atoms with Gasteiger partial charge in [-0.15, -0.1) is 10.2 Å². The minimum Gasteiger partial charge on any atom is -0.423 e. The van der Waals surface area contributed by atoms with Crippen LogP contribution in [0.15, 0.2) is 35.1 Å². The molecule has 2 aromatic rings. The molecule has 0 amide bonds. The number of rotatable bonds is 4. The first-order valence-corrected chi connectivity index (χ1v) is 5.93. The van der Waals surface area contributed by atoms with Gasteiger partial charge in [-0.1, -0.05) is 13.0 Å². The minimum atomic E-state index is 0.250. The standard InChI is InChI=1S/C13H15N3O2/c1-13(7-17-8-13)6-14-11-4-2-3-10(5-11)12-16-15-9-18-12/h2-5,9,14H,6-8H2,1H3. The third-order valence-corrected chi connectivity index (χ3v) is 3.09. The lowest BCUT2D eigenvalue weighted by Crippen LogP contribution is -2.45. The van der Waals surface area contributed by atoms with Crippen molar-refractivity contribution >= 4 is 5.69 Å². The van der Waals surface area contributed by atoms with Crippen molar-refractivity contribution < 1.29 is 9.15 Å². The Balaban J connectivity index is 1.71. The lowest BCUT2D eigenvalue weighted by molar-refractivity contribution is -0.0924. The van der Waals surface area contributed by atoms with Crippen LogP contribution in [0.4, 0.5) is 5.69 Å². The number of nitrogens with one attached hydrogen (secondary N) is 1. The van der Waals surface area contributed by atoms with Gasteiger partial charge in [-0.3, -0.25) is 0 Å². The zero-order valence-corrected chi connectivity index (χ0v) is 10.2. The molecule has 1 N–H and O–H groups in total. The van der Waals surface area contributed by atoms with Crippen LogP contribution in [0.5, 0.6) is 0 Å². The second-order valence-corrected chi connectivity index (χ2v) is 4.98. The Kier molecular flexibility index (Phi) is 2.76. The van der Waals surface area contributed by atoms with Gasteiger partial charge in [0, 0.05) is 23.2 Å². The zero-order chi connectivity index (χ0) is 12.4. The summed E-state index contributed by atoms with van der Waals surface area (Å²) in [7, 11) is 0. The molecule has 94 valence electrons. The van der Waals surface area contributed by atoms with E-state index in [0.717, 1.165) is 31.0 Å². The van der Waals surface area contributed by atoms with Crippen molar-refractivity contribution in [3.05, 3.63) is 30.7 Å². The van der Waals surface area contributed by atoms with E-state index in [9.17, 15) is 0 Å². The summed E-state index contributed by atoms with van der Waals surface area (Å²) >= 11 is 0. The van der Waals surface area contributed by atoms with Gasteiger partial charge in [0.05, 0.1) is 13.2 Å². The Labute approximate surface area is 105 Å². The van der Waals surface area contributed by atoms with Crippen LogP contribution >= 0.6 is 0 Å². The second-order valence-electron chi connectivity index (χ2n) is 4.98. The van der Waals surface area contributed by atoms with Gasteiger partial charge in [0.25, 0.3) is 0 Å². The van der Waals surface area contributed by atoms with Gasteiger partial charge in [0.2, 0.25) is 12.3 Å². The molecular weight excluding hydrogens is 230 g/mol. The van der Waals surface area contributed by atoms with E-state index in [1.54, 1.807) is 0 Å². The molecule has 1 aromatic heterocycles. The molecule has 1 aromatic carbocycles. The van der Waals surface area contributed by atoms with Crippen LogP contribution in [0.2, 0.25) is 0 Å². The SMILES string of the molecule is CC1(CNc2cccc(-c3nnco3)c2)COC1. The van der Waals surface area contributed by atoms with Crippen LogP contribution < -0.4 is 5.32 Å². The molecule has 1 aliphatic rings. The van der Waals surface area contributed by atoms with Gasteiger partial charge in [-0.2, -0.15) is 0 Å². The third kappa shape index (κ3) is 2.22. The summed E-state index contributed by atoms with van der Waals surface area (Å²) < 4.78 is 10.4. The molecule has 2 heterocycles. The van der Waals surface area contributed by atoms with Crippen molar-refractivity contribution in [3.63, 3.8) is 0 Å². The van der Waals surface area contributed by atoms with Crippen LogP contribution in [0.3, 0.4) is 0 Å². The number of ether oxygens (including phenoxy) is 1. The Hall–Kier alpha value is -1.88. The highest BCUT2D eigenvalue weighted by atomic mass is 16.5. The molecule has 0 bridgehead atoms. The molecule has 0 atom stereocenters. The molecule has 0 saturated carbocycles. The molecular formula is C13H15N3O2. The highest BCUT2D eigenvalue weighted by Crippen LogP contribution is 2.27. The summed E-state index contributed by atoms with van der Waals surface area (Å²) in [5.74, 6) is 0.539. The average Bonchev–Trinajstić information content (AvgIpc) is 2.88. The fourth-order valence-corrected chi connectivity index (χ4v) is 1.93. The van der Waals surface area contributed by atoms with Gasteiger partial charge in [0.15, 0.2) is 0 Å². The molecule has 5 heteroatoms. The Morgan fingerprint density at radius 1 is 1.39 bits per heavy atom. The predicted octanol–water partition coefficient (Wildman–Crippen LogP) is 2.18. The summed E-state index contributed by atoms with van der Waals surface area (Å²) in [5, 5.41) is 11.0. The summed E-state index contributed by atoms with van der Waals surface area (Å²) in [5.41, 5.74) is 2.23. The van der Waals surface area contributed by atoms with Crippen LogP contribution in [0.1, 0.15) is 6.92 Å². The normalized spacial score (nSPS) is 17.2. The first-order valence-electron chi connectivity index (χ1n) is 5.93. The second kappa shape index (κ2) is 4.42. The van der Waals surface area contributed by atoms with Crippen molar-refractivity contribution in [2.75, 3.05) is 25.1 Å². The van der Waals surface area contributed by atoms with Crippen LogP contribution in [0, 0.1) is 5.41 Å². The number of hydrogen-bond donors (Lipinski definition) is 1. The molecule has 0 unspecified atom stereocenters. The predicted molar refractivity (Wildman–Crippen MR) is 67.1 cm³/mol. The molecule has 3 rings (SSSR count). The summed E-state index contributed by atoms with van der Waals surface area (Å²) in [4.78, 5) is 0. The Morgan fingerprint density at radius 3 is 2.94 bits per heavy atom. The molecule has 0 spiro atoms. The number of hydrogen-bond acceptors (Lipinski definition) is 5. The van der Waals surface area contributed by atoms with E-state index in [2.05, 4.69) is 22.4 Å². The van der Waals surface area contributed by atoms with Gasteiger partial charge < -0.3 is 14.5 Å². The largest absolute Gasteiger partial charge is 0.423 e. The molecule has 18 heavy (non-hydrogen) atoms. The van der Waals surface area contributed by atoms with Crippen molar-refractivity contribution in [2.45, 2.75) is 6.92 Å². The number of benzene rings is 1. The van der Waals surface area contributed by atoms with E-state index < -0.39 is 0 Å². The summed E-state index contributed by atoms with van der Waals surface area (Å²) in [6, 6.07) is 7.97. The molecule has 0 radical (unpaired) electrons. The van der Waals surface area contributed by atoms with Crippen LogP contribution in [-0.4, -0.2) is 30.0 Å². The summed E-state index contributed by atoms with van der Waals surface area (Å²) in [6.45, 7) is 4.76. The van der Waals surface area contributed by atoms with E-state index in [1.807, 2.05) is 24.3 Å². The average molecular weight is 245 g/mol. The van der Waals surface area contributed by atoms with E-state index in [4.69, 9.17) is 9.15 Å². The van der Waals surface area contributed by atoms with E-state index in [-0.39, 0.29) is 5.41 Å². The molecule has 1 aliphatic heterocycles. The van der Waals surface area contributed by atoms with Gasteiger partial charge in [-0.05, 0) is 18.2 Å². The highest BCUT2D eigenvalue weighted by Gasteiger charge is 2.32. The van der Waals surface area contributed by atoms with E-state index in [0.29, 0.717) is 5.89 Å². The number of anilines is 1. The monoisotopic (exact) mass is 245 g/mol. The quantitative estimate of drug-likeness (QED) is 0.894.